The Morgan fingerprint density at radius 1 is 0.833 bits per heavy atom. The predicted molar refractivity (Wildman–Crippen MR) is 74.2 cm³/mol. The molecule has 92 valence electrons. The molecule has 0 N–H and O–H groups in total. The summed E-state index contributed by atoms with van der Waals surface area (Å²) in [7, 11) is 0. The van der Waals surface area contributed by atoms with E-state index in [1.54, 1.807) is 0 Å². The van der Waals surface area contributed by atoms with Crippen LogP contribution in [-0.2, 0) is 17.1 Å². The second kappa shape index (κ2) is 7.71. The standard InChI is InChI=1S/C12H11.C5H5.Fe/c1-10-6-2-5-9-12(10)11-7-3-4-8-11;1-2-4-5-3-1;/h2-9H,1H3;1-5H;/q2*-1;+2. The Morgan fingerprint density at radius 3 is 1.94 bits per heavy atom. The van der Waals surface area contributed by atoms with E-state index >= 15 is 0 Å². The summed E-state index contributed by atoms with van der Waals surface area (Å²) < 4.78 is 0. The zero-order valence-corrected chi connectivity index (χ0v) is 11.5. The SMILES string of the molecule is Cc1ccccc1-[c-]1cccc1.[Fe+2].c1cc[cH-]c1. The Labute approximate surface area is 119 Å². The fraction of sp³-hybridized carbons (Fsp3) is 0.0588. The fourth-order valence-electron chi connectivity index (χ4n) is 1.77. The van der Waals surface area contributed by atoms with Gasteiger partial charge < -0.3 is 0 Å². The summed E-state index contributed by atoms with van der Waals surface area (Å²) in [5.41, 5.74) is 3.99. The Morgan fingerprint density at radius 2 is 1.44 bits per heavy atom. The Bertz CT molecular complexity index is 501. The van der Waals surface area contributed by atoms with Crippen molar-refractivity contribution in [1.29, 1.82) is 0 Å². The third kappa shape index (κ3) is 4.03. The van der Waals surface area contributed by atoms with Crippen molar-refractivity contribution >= 4 is 0 Å². The average molecular weight is 276 g/mol. The monoisotopic (exact) mass is 276 g/mol. The molecule has 0 nitrogen and oxygen atoms in total. The van der Waals surface area contributed by atoms with Crippen molar-refractivity contribution in [3.8, 4) is 11.1 Å². The van der Waals surface area contributed by atoms with Gasteiger partial charge in [-0.2, -0.15) is 30.3 Å². The van der Waals surface area contributed by atoms with Crippen LogP contribution in [0, 0.1) is 6.92 Å². The Hall–Kier alpha value is -1.56. The maximum absolute atomic E-state index is 2.16. The smallest absolute Gasteiger partial charge is 0.214 e. The first-order valence-corrected chi connectivity index (χ1v) is 5.82. The first-order chi connectivity index (χ1) is 8.38. The summed E-state index contributed by atoms with van der Waals surface area (Å²) in [6, 6.07) is 26.9. The molecule has 0 bridgehead atoms. The van der Waals surface area contributed by atoms with Gasteiger partial charge in [-0.1, -0.05) is 30.7 Å². The van der Waals surface area contributed by atoms with Crippen LogP contribution in [0.1, 0.15) is 5.56 Å². The van der Waals surface area contributed by atoms with Crippen molar-refractivity contribution < 1.29 is 17.1 Å². The Balaban J connectivity index is 0.000000230. The van der Waals surface area contributed by atoms with Crippen molar-refractivity contribution in [2.24, 2.45) is 0 Å². The van der Waals surface area contributed by atoms with Gasteiger partial charge in [0.15, 0.2) is 0 Å². The third-order valence-corrected chi connectivity index (χ3v) is 2.67. The molecule has 1 heteroatoms. The molecule has 0 radical (unpaired) electrons. The van der Waals surface area contributed by atoms with Crippen LogP contribution in [0.15, 0.2) is 78.9 Å². The minimum absolute atomic E-state index is 0. The van der Waals surface area contributed by atoms with Crippen molar-refractivity contribution in [2.75, 3.05) is 0 Å². The molecular formula is C17H16Fe. The molecule has 0 fully saturated rings. The molecule has 0 spiro atoms. The predicted octanol–water partition coefficient (Wildman–Crippen LogP) is 4.78. The molecule has 0 aromatic heterocycles. The number of aryl methyl sites for hydroxylation is 1. The van der Waals surface area contributed by atoms with Gasteiger partial charge in [-0.05, 0) is 0 Å². The second-order valence-electron chi connectivity index (χ2n) is 3.95. The molecule has 0 aliphatic rings. The minimum atomic E-state index is 0. The number of rotatable bonds is 1. The van der Waals surface area contributed by atoms with Gasteiger partial charge in [-0.3, -0.25) is 0 Å². The maximum atomic E-state index is 2.16. The largest absolute Gasteiger partial charge is 2.00 e. The maximum Gasteiger partial charge on any atom is 2.00 e. The van der Waals surface area contributed by atoms with E-state index in [9.17, 15) is 0 Å². The van der Waals surface area contributed by atoms with Crippen LogP contribution in [0.3, 0.4) is 0 Å². The van der Waals surface area contributed by atoms with E-state index in [4.69, 9.17) is 0 Å². The summed E-state index contributed by atoms with van der Waals surface area (Å²) in [6.45, 7) is 2.14. The normalized spacial score (nSPS) is 8.94. The molecule has 0 amide bonds. The van der Waals surface area contributed by atoms with E-state index in [-0.39, 0.29) is 17.1 Å². The summed E-state index contributed by atoms with van der Waals surface area (Å²) in [5, 5.41) is 0. The summed E-state index contributed by atoms with van der Waals surface area (Å²) in [4.78, 5) is 0. The molecule has 0 heterocycles. The van der Waals surface area contributed by atoms with Crippen molar-refractivity contribution in [3.05, 3.63) is 84.4 Å². The number of hydrogen-bond donors (Lipinski definition) is 0. The molecule has 0 atom stereocenters. The van der Waals surface area contributed by atoms with E-state index < -0.39 is 0 Å². The zero-order chi connectivity index (χ0) is 11.9. The molecule has 0 unspecified atom stereocenters. The first kappa shape index (κ1) is 14.5. The molecule has 0 aliphatic heterocycles. The van der Waals surface area contributed by atoms with Crippen LogP contribution in [0.2, 0.25) is 0 Å². The van der Waals surface area contributed by atoms with Crippen LogP contribution in [-0.4, -0.2) is 0 Å². The minimum Gasteiger partial charge on any atom is -0.214 e. The molecule has 3 rings (SSSR count). The second-order valence-corrected chi connectivity index (χ2v) is 3.95. The van der Waals surface area contributed by atoms with E-state index in [0.29, 0.717) is 0 Å². The Kier molecular flexibility index (Phi) is 6.21. The van der Waals surface area contributed by atoms with Crippen LogP contribution in [0.5, 0.6) is 0 Å². The van der Waals surface area contributed by atoms with Crippen LogP contribution >= 0.6 is 0 Å². The molecule has 18 heavy (non-hydrogen) atoms. The van der Waals surface area contributed by atoms with Gasteiger partial charge in [0.1, 0.15) is 0 Å². The van der Waals surface area contributed by atoms with Crippen molar-refractivity contribution in [2.45, 2.75) is 6.92 Å². The van der Waals surface area contributed by atoms with E-state index in [2.05, 4.69) is 55.5 Å². The van der Waals surface area contributed by atoms with Crippen LogP contribution in [0.4, 0.5) is 0 Å². The van der Waals surface area contributed by atoms with Crippen LogP contribution in [0.25, 0.3) is 11.1 Å². The molecule has 0 aliphatic carbocycles. The molecule has 0 saturated heterocycles. The van der Waals surface area contributed by atoms with E-state index in [1.165, 1.54) is 16.7 Å². The summed E-state index contributed by atoms with van der Waals surface area (Å²) in [5.74, 6) is 0. The molecular weight excluding hydrogens is 260 g/mol. The zero-order valence-electron chi connectivity index (χ0n) is 10.4. The summed E-state index contributed by atoms with van der Waals surface area (Å²) >= 11 is 0. The summed E-state index contributed by atoms with van der Waals surface area (Å²) in [6.07, 6.45) is 0. The molecule has 0 saturated carbocycles. The first-order valence-electron chi connectivity index (χ1n) is 5.82. The fourth-order valence-corrected chi connectivity index (χ4v) is 1.77. The average Bonchev–Trinajstić information content (AvgIpc) is 3.06. The quantitative estimate of drug-likeness (QED) is 0.443. The van der Waals surface area contributed by atoms with Gasteiger partial charge in [0.25, 0.3) is 0 Å². The molecule has 3 aromatic carbocycles. The van der Waals surface area contributed by atoms with Gasteiger partial charge >= 0.3 is 17.1 Å². The van der Waals surface area contributed by atoms with Gasteiger partial charge in [0.05, 0.1) is 0 Å². The van der Waals surface area contributed by atoms with Gasteiger partial charge in [0.2, 0.25) is 0 Å². The van der Waals surface area contributed by atoms with Crippen molar-refractivity contribution in [1.82, 2.24) is 0 Å². The van der Waals surface area contributed by atoms with Gasteiger partial charge in [-0.25, -0.2) is 12.1 Å². The van der Waals surface area contributed by atoms with Gasteiger partial charge in [0, 0.05) is 0 Å². The topological polar surface area (TPSA) is 0 Å². The van der Waals surface area contributed by atoms with Gasteiger partial charge in [-0.15, -0.1) is 29.3 Å². The molecule has 3 aromatic rings. The van der Waals surface area contributed by atoms with E-state index in [1.807, 2.05) is 30.3 Å². The van der Waals surface area contributed by atoms with E-state index in [0.717, 1.165) is 0 Å². The number of benzene rings is 1. The van der Waals surface area contributed by atoms with Crippen LogP contribution < -0.4 is 0 Å². The third-order valence-electron chi connectivity index (χ3n) is 2.67. The van der Waals surface area contributed by atoms with Crippen molar-refractivity contribution in [3.63, 3.8) is 0 Å². The number of hydrogen-bond acceptors (Lipinski definition) is 0.